The Hall–Kier alpha value is -1.71. The molecule has 0 aliphatic carbocycles. The minimum atomic E-state index is -0.250. The Morgan fingerprint density at radius 1 is 1.25 bits per heavy atom. The van der Waals surface area contributed by atoms with E-state index in [1.807, 2.05) is 4.90 Å². The van der Waals surface area contributed by atoms with Crippen molar-refractivity contribution in [3.8, 4) is 0 Å². The standard InChI is InChI=1S/C13H27N3O2.2CH2O2/c1-11(2)9-15-6-7-16(13(18)3-5-14)10-12(15)4-8-17;2*2-1-3/h11-12,17H,3-10,14H2,1-2H3;2*1H,(H,2,3). The number of amides is 1. The van der Waals surface area contributed by atoms with Crippen molar-refractivity contribution in [1.29, 1.82) is 0 Å². The number of hydrogen-bond donors (Lipinski definition) is 4. The van der Waals surface area contributed by atoms with Crippen molar-refractivity contribution < 1.29 is 29.7 Å². The first-order valence-corrected chi connectivity index (χ1v) is 7.90. The quantitative estimate of drug-likeness (QED) is 0.460. The molecule has 0 spiro atoms. The first-order chi connectivity index (χ1) is 11.4. The van der Waals surface area contributed by atoms with Gasteiger partial charge in [-0.15, -0.1) is 0 Å². The number of rotatable bonds is 6. The number of nitrogens with zero attached hydrogens (tertiary/aromatic N) is 2. The van der Waals surface area contributed by atoms with Crippen LogP contribution < -0.4 is 5.73 Å². The van der Waals surface area contributed by atoms with E-state index >= 15 is 0 Å². The molecule has 142 valence electrons. The fraction of sp³-hybridized carbons (Fsp3) is 0.800. The molecule has 1 saturated heterocycles. The number of piperazine rings is 1. The third kappa shape index (κ3) is 11.8. The molecule has 9 nitrogen and oxygen atoms in total. The van der Waals surface area contributed by atoms with Gasteiger partial charge in [0, 0.05) is 51.8 Å². The number of aliphatic hydroxyl groups is 1. The molecule has 0 aromatic rings. The van der Waals surface area contributed by atoms with Crippen molar-refractivity contribution in [2.24, 2.45) is 11.7 Å². The number of carbonyl (C=O) groups excluding carboxylic acids is 1. The molecule has 0 bridgehead atoms. The summed E-state index contributed by atoms with van der Waals surface area (Å²) in [7, 11) is 0. The molecular formula is C15H31N3O6. The molecule has 0 aromatic carbocycles. The second-order valence-corrected chi connectivity index (χ2v) is 5.64. The van der Waals surface area contributed by atoms with Crippen LogP contribution in [0.5, 0.6) is 0 Å². The Labute approximate surface area is 143 Å². The highest BCUT2D eigenvalue weighted by Gasteiger charge is 2.28. The lowest BCUT2D eigenvalue weighted by Crippen LogP contribution is -2.55. The maximum Gasteiger partial charge on any atom is 0.290 e. The van der Waals surface area contributed by atoms with Gasteiger partial charge in [-0.05, 0) is 12.3 Å². The molecule has 0 radical (unpaired) electrons. The molecule has 1 aliphatic heterocycles. The van der Waals surface area contributed by atoms with E-state index in [1.165, 1.54) is 0 Å². The Bertz CT molecular complexity index is 335. The van der Waals surface area contributed by atoms with Crippen LogP contribution in [0.15, 0.2) is 0 Å². The minimum Gasteiger partial charge on any atom is -0.483 e. The molecule has 1 fully saturated rings. The predicted molar refractivity (Wildman–Crippen MR) is 89.5 cm³/mol. The molecule has 1 unspecified atom stereocenters. The van der Waals surface area contributed by atoms with Gasteiger partial charge in [0.2, 0.25) is 5.91 Å². The summed E-state index contributed by atoms with van der Waals surface area (Å²) >= 11 is 0. The number of hydrogen-bond acceptors (Lipinski definition) is 6. The lowest BCUT2D eigenvalue weighted by atomic mass is 10.1. The van der Waals surface area contributed by atoms with E-state index in [4.69, 9.17) is 30.6 Å². The van der Waals surface area contributed by atoms with Gasteiger partial charge in [0.25, 0.3) is 12.9 Å². The molecule has 5 N–H and O–H groups in total. The zero-order chi connectivity index (χ0) is 19.0. The van der Waals surface area contributed by atoms with Crippen molar-refractivity contribution >= 4 is 18.9 Å². The van der Waals surface area contributed by atoms with Crippen molar-refractivity contribution in [2.45, 2.75) is 32.7 Å². The van der Waals surface area contributed by atoms with Crippen LogP contribution in [-0.4, -0.2) is 89.3 Å². The van der Waals surface area contributed by atoms with Gasteiger partial charge in [-0.3, -0.25) is 19.3 Å². The summed E-state index contributed by atoms with van der Waals surface area (Å²) in [6.07, 6.45) is 1.16. The molecule has 1 atom stereocenters. The molecule has 0 saturated carbocycles. The average molecular weight is 349 g/mol. The van der Waals surface area contributed by atoms with E-state index < -0.39 is 0 Å². The second-order valence-electron chi connectivity index (χ2n) is 5.64. The first kappa shape index (κ1) is 24.5. The van der Waals surface area contributed by atoms with E-state index in [0.717, 1.165) is 32.6 Å². The molecule has 1 aliphatic rings. The summed E-state index contributed by atoms with van der Waals surface area (Å²) in [5, 5.41) is 22.9. The normalized spacial score (nSPS) is 17.2. The number of carboxylic acid groups (broad SMARTS) is 2. The van der Waals surface area contributed by atoms with Gasteiger partial charge in [-0.25, -0.2) is 0 Å². The fourth-order valence-electron chi connectivity index (χ4n) is 2.53. The number of carbonyl (C=O) groups is 3. The minimum absolute atomic E-state index is 0.143. The van der Waals surface area contributed by atoms with Gasteiger partial charge < -0.3 is 26.0 Å². The van der Waals surface area contributed by atoms with Crippen LogP contribution in [0.1, 0.15) is 26.7 Å². The SMILES string of the molecule is CC(C)CN1CCN(C(=O)CCN)CC1CCO.O=CO.O=CO. The number of aliphatic hydroxyl groups excluding tert-OH is 1. The van der Waals surface area contributed by atoms with Gasteiger partial charge in [0.1, 0.15) is 0 Å². The Morgan fingerprint density at radius 2 is 1.79 bits per heavy atom. The first-order valence-electron chi connectivity index (χ1n) is 7.90. The van der Waals surface area contributed by atoms with Gasteiger partial charge in [0.15, 0.2) is 0 Å². The summed E-state index contributed by atoms with van der Waals surface area (Å²) in [6, 6.07) is 0.285. The third-order valence-electron chi connectivity index (χ3n) is 3.38. The largest absolute Gasteiger partial charge is 0.483 e. The second kappa shape index (κ2) is 16.2. The lowest BCUT2D eigenvalue weighted by Gasteiger charge is -2.42. The predicted octanol–water partition coefficient (Wildman–Crippen LogP) is -0.712. The molecule has 24 heavy (non-hydrogen) atoms. The zero-order valence-electron chi connectivity index (χ0n) is 14.5. The van der Waals surface area contributed by atoms with E-state index in [0.29, 0.717) is 18.9 Å². The number of nitrogens with two attached hydrogens (primary N) is 1. The van der Waals surface area contributed by atoms with E-state index in [-0.39, 0.29) is 31.5 Å². The highest BCUT2D eigenvalue weighted by molar-refractivity contribution is 5.76. The average Bonchev–Trinajstić information content (AvgIpc) is 2.50. The van der Waals surface area contributed by atoms with Crippen molar-refractivity contribution in [2.75, 3.05) is 39.3 Å². The van der Waals surface area contributed by atoms with Gasteiger partial charge in [-0.2, -0.15) is 0 Å². The third-order valence-corrected chi connectivity index (χ3v) is 3.38. The molecule has 0 aromatic heterocycles. The van der Waals surface area contributed by atoms with Crippen molar-refractivity contribution in [3.05, 3.63) is 0 Å². The van der Waals surface area contributed by atoms with Crippen molar-refractivity contribution in [3.63, 3.8) is 0 Å². The van der Waals surface area contributed by atoms with Crippen LogP contribution >= 0.6 is 0 Å². The van der Waals surface area contributed by atoms with E-state index in [2.05, 4.69) is 18.7 Å². The van der Waals surface area contributed by atoms with Gasteiger partial charge in [-0.1, -0.05) is 13.8 Å². The monoisotopic (exact) mass is 349 g/mol. The molecule has 1 rings (SSSR count). The highest BCUT2D eigenvalue weighted by Crippen LogP contribution is 2.15. The Kier molecular flexibility index (Phi) is 16.5. The Balaban J connectivity index is 0. The van der Waals surface area contributed by atoms with Crippen LogP contribution in [0.25, 0.3) is 0 Å². The highest BCUT2D eigenvalue weighted by atomic mass is 16.3. The van der Waals surface area contributed by atoms with Crippen LogP contribution in [0.2, 0.25) is 0 Å². The van der Waals surface area contributed by atoms with Crippen LogP contribution in [0, 0.1) is 5.92 Å². The summed E-state index contributed by atoms with van der Waals surface area (Å²) in [5.41, 5.74) is 5.42. The molecule has 1 heterocycles. The maximum absolute atomic E-state index is 11.8. The zero-order valence-corrected chi connectivity index (χ0v) is 14.5. The van der Waals surface area contributed by atoms with Gasteiger partial charge in [0.05, 0.1) is 0 Å². The summed E-state index contributed by atoms with van der Waals surface area (Å²) in [6.45, 7) is 7.93. The molecule has 9 heteroatoms. The van der Waals surface area contributed by atoms with E-state index in [1.54, 1.807) is 0 Å². The topological polar surface area (TPSA) is 144 Å². The van der Waals surface area contributed by atoms with Crippen LogP contribution in [0.3, 0.4) is 0 Å². The summed E-state index contributed by atoms with van der Waals surface area (Å²) in [4.78, 5) is 32.9. The van der Waals surface area contributed by atoms with E-state index in [9.17, 15) is 4.79 Å². The van der Waals surface area contributed by atoms with Crippen LogP contribution in [0.4, 0.5) is 0 Å². The van der Waals surface area contributed by atoms with Gasteiger partial charge >= 0.3 is 0 Å². The van der Waals surface area contributed by atoms with Crippen molar-refractivity contribution in [1.82, 2.24) is 9.80 Å². The summed E-state index contributed by atoms with van der Waals surface area (Å²) < 4.78 is 0. The lowest BCUT2D eigenvalue weighted by molar-refractivity contribution is -0.134. The Morgan fingerprint density at radius 3 is 2.21 bits per heavy atom. The smallest absolute Gasteiger partial charge is 0.290 e. The maximum atomic E-state index is 11.8. The summed E-state index contributed by atoms with van der Waals surface area (Å²) in [5.74, 6) is 0.752. The molecule has 1 amide bonds. The fourth-order valence-corrected chi connectivity index (χ4v) is 2.53. The molecular weight excluding hydrogens is 318 g/mol. The van der Waals surface area contributed by atoms with Crippen LogP contribution in [-0.2, 0) is 14.4 Å².